The van der Waals surface area contributed by atoms with Gasteiger partial charge < -0.3 is 14.6 Å². The average molecular weight is 413 g/mol. The number of methoxy groups -OCH3 is 1. The molecule has 0 bridgehead atoms. The van der Waals surface area contributed by atoms with Crippen LogP contribution in [0.2, 0.25) is 0 Å². The van der Waals surface area contributed by atoms with Gasteiger partial charge in [-0.15, -0.1) is 11.3 Å². The van der Waals surface area contributed by atoms with Crippen LogP contribution in [-0.4, -0.2) is 26.6 Å². The molecule has 3 heterocycles. The number of hydrogen-bond acceptors (Lipinski definition) is 7. The molecule has 148 valence electrons. The van der Waals surface area contributed by atoms with Gasteiger partial charge in [-0.1, -0.05) is 0 Å². The Balaban J connectivity index is 1.75. The van der Waals surface area contributed by atoms with E-state index in [0.29, 0.717) is 5.69 Å². The molecule has 0 unspecified atom stereocenters. The summed E-state index contributed by atoms with van der Waals surface area (Å²) in [5, 5.41) is 14.0. The lowest BCUT2D eigenvalue weighted by Gasteiger charge is -2.11. The highest BCUT2D eigenvalue weighted by Crippen LogP contribution is 2.36. The van der Waals surface area contributed by atoms with E-state index in [0.717, 1.165) is 27.9 Å². The maximum atomic E-state index is 13.9. The lowest BCUT2D eigenvalue weighted by atomic mass is 10.2. The van der Waals surface area contributed by atoms with E-state index in [4.69, 9.17) is 4.74 Å². The number of aromatic nitrogens is 3. The zero-order valence-corrected chi connectivity index (χ0v) is 16.6. The Kier molecular flexibility index (Phi) is 4.63. The van der Waals surface area contributed by atoms with Gasteiger partial charge >= 0.3 is 5.69 Å². The topological polar surface area (TPSA) is 95.1 Å². The first kappa shape index (κ1) is 18.8. The van der Waals surface area contributed by atoms with E-state index in [2.05, 4.69) is 28.3 Å². The van der Waals surface area contributed by atoms with Crippen LogP contribution in [0, 0.1) is 22.9 Å². The molecule has 0 spiro atoms. The van der Waals surface area contributed by atoms with E-state index in [1.165, 1.54) is 12.0 Å². The minimum absolute atomic E-state index is 0.109. The number of halogens is 1. The van der Waals surface area contributed by atoms with E-state index < -0.39 is 16.4 Å². The monoisotopic (exact) mass is 413 g/mol. The zero-order valence-electron chi connectivity index (χ0n) is 15.8. The first-order valence-corrected chi connectivity index (χ1v) is 9.37. The van der Waals surface area contributed by atoms with Crippen LogP contribution < -0.4 is 10.1 Å². The number of hydrogen-bond donors (Lipinski definition) is 1. The number of rotatable bonds is 5. The Morgan fingerprint density at radius 3 is 2.86 bits per heavy atom. The molecule has 0 saturated carbocycles. The Morgan fingerprint density at radius 2 is 2.14 bits per heavy atom. The summed E-state index contributed by atoms with van der Waals surface area (Å²) in [6.07, 6.45) is 3.59. The molecule has 4 rings (SSSR count). The summed E-state index contributed by atoms with van der Waals surface area (Å²) in [6.45, 7) is 2.05. The maximum absolute atomic E-state index is 13.9. The molecule has 4 aromatic rings. The fraction of sp³-hybridized carbons (Fsp3) is 0.158. The van der Waals surface area contributed by atoms with Crippen molar-refractivity contribution in [1.82, 2.24) is 14.5 Å². The highest BCUT2D eigenvalue weighted by molar-refractivity contribution is 7.19. The van der Waals surface area contributed by atoms with Crippen molar-refractivity contribution in [3.8, 4) is 17.0 Å². The van der Waals surface area contributed by atoms with Crippen molar-refractivity contribution in [1.29, 1.82) is 0 Å². The van der Waals surface area contributed by atoms with Gasteiger partial charge in [0.1, 0.15) is 5.75 Å². The molecular weight excluding hydrogens is 397 g/mol. The highest BCUT2D eigenvalue weighted by atomic mass is 32.1. The summed E-state index contributed by atoms with van der Waals surface area (Å²) < 4.78 is 22.1. The molecule has 0 aliphatic rings. The van der Waals surface area contributed by atoms with Crippen molar-refractivity contribution in [2.75, 3.05) is 12.4 Å². The van der Waals surface area contributed by atoms with E-state index in [-0.39, 0.29) is 17.4 Å². The predicted octanol–water partition coefficient (Wildman–Crippen LogP) is 4.80. The molecule has 0 atom stereocenters. The smallest absolute Gasteiger partial charge is 0.307 e. The summed E-state index contributed by atoms with van der Waals surface area (Å²) in [5.74, 6) is -0.656. The van der Waals surface area contributed by atoms with Crippen LogP contribution >= 0.6 is 11.3 Å². The van der Waals surface area contributed by atoms with Crippen molar-refractivity contribution >= 4 is 38.9 Å². The van der Waals surface area contributed by atoms with Gasteiger partial charge in [-0.05, 0) is 19.1 Å². The molecule has 0 saturated heterocycles. The number of fused-ring (bicyclic) bond motifs is 1. The van der Waals surface area contributed by atoms with E-state index in [9.17, 15) is 14.5 Å². The molecule has 29 heavy (non-hydrogen) atoms. The number of benzene rings is 1. The molecule has 0 aliphatic heterocycles. The summed E-state index contributed by atoms with van der Waals surface area (Å²) in [6, 6.07) is 5.93. The van der Waals surface area contributed by atoms with E-state index >= 15 is 0 Å². The van der Waals surface area contributed by atoms with Crippen molar-refractivity contribution < 1.29 is 14.1 Å². The van der Waals surface area contributed by atoms with Gasteiger partial charge in [-0.2, -0.15) is 4.39 Å². The van der Waals surface area contributed by atoms with Gasteiger partial charge in [0.2, 0.25) is 11.8 Å². The Hall–Kier alpha value is -3.53. The van der Waals surface area contributed by atoms with Crippen molar-refractivity contribution in [3.63, 3.8) is 0 Å². The third-order valence-corrected chi connectivity index (χ3v) is 5.50. The Morgan fingerprint density at radius 1 is 1.34 bits per heavy atom. The second-order valence-corrected chi connectivity index (χ2v) is 7.63. The predicted molar refractivity (Wildman–Crippen MR) is 109 cm³/mol. The van der Waals surface area contributed by atoms with Gasteiger partial charge in [-0.3, -0.25) is 10.1 Å². The summed E-state index contributed by atoms with van der Waals surface area (Å²) in [5.41, 5.74) is 2.31. The first-order valence-electron chi connectivity index (χ1n) is 8.55. The number of nitro groups is 1. The van der Waals surface area contributed by atoms with Crippen molar-refractivity contribution in [3.05, 3.63) is 57.5 Å². The molecule has 3 aromatic heterocycles. The van der Waals surface area contributed by atoms with Gasteiger partial charge in [0, 0.05) is 42.0 Å². The van der Waals surface area contributed by atoms with Crippen LogP contribution in [-0.2, 0) is 7.05 Å². The van der Waals surface area contributed by atoms with Crippen LogP contribution in [0.4, 0.5) is 21.7 Å². The third-order valence-electron chi connectivity index (χ3n) is 4.43. The lowest BCUT2D eigenvalue weighted by Crippen LogP contribution is -2.02. The minimum Gasteiger partial charge on any atom is -0.494 e. The molecule has 0 fully saturated rings. The van der Waals surface area contributed by atoms with E-state index in [1.54, 1.807) is 23.6 Å². The highest BCUT2D eigenvalue weighted by Gasteiger charge is 2.20. The van der Waals surface area contributed by atoms with Gasteiger partial charge in [0.25, 0.3) is 0 Å². The van der Waals surface area contributed by atoms with Crippen LogP contribution in [0.25, 0.3) is 21.5 Å². The number of ether oxygens (including phenoxy) is 1. The second kappa shape index (κ2) is 7.13. The van der Waals surface area contributed by atoms with Crippen LogP contribution in [0.5, 0.6) is 5.75 Å². The number of nitro benzene ring substituents is 1. The molecule has 0 aliphatic carbocycles. The lowest BCUT2D eigenvalue weighted by molar-refractivity contribution is -0.387. The Bertz CT molecular complexity index is 1250. The third kappa shape index (κ3) is 3.38. The van der Waals surface area contributed by atoms with Gasteiger partial charge in [0.15, 0.2) is 0 Å². The van der Waals surface area contributed by atoms with Crippen LogP contribution in [0.15, 0.2) is 36.7 Å². The quantitative estimate of drug-likeness (QED) is 0.373. The molecule has 8 nitrogen and oxygen atoms in total. The molecular formula is C19H16FN5O3S. The summed E-state index contributed by atoms with van der Waals surface area (Å²) >= 11 is 1.68. The molecule has 0 radical (unpaired) electrons. The molecule has 10 heteroatoms. The molecule has 0 amide bonds. The summed E-state index contributed by atoms with van der Waals surface area (Å²) in [4.78, 5) is 20.2. The molecule has 1 N–H and O–H groups in total. The Labute approximate surface area is 168 Å². The summed E-state index contributed by atoms with van der Waals surface area (Å²) in [7, 11) is 3.32. The minimum atomic E-state index is -0.980. The van der Waals surface area contributed by atoms with Gasteiger partial charge in [0.05, 0.1) is 33.6 Å². The number of nitrogens with zero attached hydrogens (tertiary/aromatic N) is 4. The first-order chi connectivity index (χ1) is 13.9. The largest absolute Gasteiger partial charge is 0.494 e. The SMILES string of the molecule is COc1cc(F)c([N+](=O)[O-])cc1Nc1nccc(-c2cn(C)c3cc(C)sc23)n1. The van der Waals surface area contributed by atoms with Crippen molar-refractivity contribution in [2.45, 2.75) is 6.92 Å². The normalized spacial score (nSPS) is 11.0. The van der Waals surface area contributed by atoms with Crippen LogP contribution in [0.3, 0.4) is 0 Å². The fourth-order valence-electron chi connectivity index (χ4n) is 3.10. The maximum Gasteiger partial charge on any atom is 0.307 e. The number of thiophene rings is 1. The fourth-order valence-corrected chi connectivity index (χ4v) is 4.17. The van der Waals surface area contributed by atoms with Gasteiger partial charge in [-0.25, -0.2) is 9.97 Å². The standard InChI is InChI=1S/C19H16FN5O3S/c1-10-6-16-18(29-10)11(9-24(16)2)13-4-5-21-19(22-13)23-14-8-15(25(26)27)12(20)7-17(14)28-3/h4-9H,1-3H3,(H,21,22,23). The zero-order chi connectivity index (χ0) is 20.7. The molecule has 1 aromatic carbocycles. The van der Waals surface area contributed by atoms with Crippen LogP contribution in [0.1, 0.15) is 4.88 Å². The number of aryl methyl sites for hydroxylation is 2. The van der Waals surface area contributed by atoms with Crippen molar-refractivity contribution in [2.24, 2.45) is 7.05 Å². The second-order valence-electron chi connectivity index (χ2n) is 6.38. The van der Waals surface area contributed by atoms with E-state index in [1.807, 2.05) is 17.8 Å². The average Bonchev–Trinajstić information content (AvgIpc) is 3.21. The number of nitrogens with one attached hydrogen (secondary N) is 1. The number of anilines is 2.